The molecule has 0 aromatic carbocycles. The van der Waals surface area contributed by atoms with Gasteiger partial charge in [-0.1, -0.05) is 34.7 Å². The van der Waals surface area contributed by atoms with E-state index in [1.807, 2.05) is 6.08 Å². The fourth-order valence-corrected chi connectivity index (χ4v) is 1.82. The molecule has 0 unspecified atom stereocenters. The van der Waals surface area contributed by atoms with Crippen LogP contribution in [0.25, 0.3) is 0 Å². The summed E-state index contributed by atoms with van der Waals surface area (Å²) in [7, 11) is 0. The van der Waals surface area contributed by atoms with Gasteiger partial charge in [0.15, 0.2) is 0 Å². The van der Waals surface area contributed by atoms with Crippen LogP contribution in [0.2, 0.25) is 0 Å². The highest BCUT2D eigenvalue weighted by Gasteiger charge is 2.12. The molecule has 0 radical (unpaired) electrons. The minimum Gasteiger partial charge on any atom is -0.512 e. The molecule has 0 aliphatic heterocycles. The van der Waals surface area contributed by atoms with Crippen molar-refractivity contribution in [2.75, 3.05) is 4.43 Å². The highest BCUT2D eigenvalue weighted by Crippen LogP contribution is 2.21. The molecule has 0 saturated heterocycles. The van der Waals surface area contributed by atoms with Crippen LogP contribution in [0.15, 0.2) is 24.0 Å². The predicted octanol–water partition coefficient (Wildman–Crippen LogP) is 2.83. The number of rotatable bonds is 2. The van der Waals surface area contributed by atoms with Crippen molar-refractivity contribution in [2.45, 2.75) is 12.8 Å². The summed E-state index contributed by atoms with van der Waals surface area (Å²) < 4.78 is 1.12. The van der Waals surface area contributed by atoms with Gasteiger partial charge in [0.2, 0.25) is 0 Å². The zero-order chi connectivity index (χ0) is 7.40. The molecule has 56 valence electrons. The lowest BCUT2D eigenvalue weighted by atomic mass is 9.96. The molecule has 0 spiro atoms. The molecule has 1 N–H and O–H groups in total. The maximum Gasteiger partial charge on any atom is 0.0956 e. The lowest BCUT2D eigenvalue weighted by Crippen LogP contribution is -2.05. The van der Waals surface area contributed by atoms with Crippen molar-refractivity contribution in [3.05, 3.63) is 24.0 Å². The molecular weight excluding hydrogens is 239 g/mol. The lowest BCUT2D eigenvalue weighted by Gasteiger charge is -2.14. The molecule has 0 amide bonds. The first-order valence-electron chi connectivity index (χ1n) is 3.46. The van der Waals surface area contributed by atoms with Crippen LogP contribution >= 0.6 is 22.6 Å². The van der Waals surface area contributed by atoms with Crippen LogP contribution in [-0.4, -0.2) is 9.53 Å². The van der Waals surface area contributed by atoms with E-state index in [2.05, 4.69) is 28.7 Å². The van der Waals surface area contributed by atoms with E-state index in [4.69, 9.17) is 0 Å². The van der Waals surface area contributed by atoms with Gasteiger partial charge in [0, 0.05) is 10.3 Å². The van der Waals surface area contributed by atoms with Gasteiger partial charge in [-0.3, -0.25) is 0 Å². The number of aliphatic hydroxyl groups is 1. The smallest absolute Gasteiger partial charge is 0.0956 e. The number of allylic oxidation sites excluding steroid dienone is 4. The van der Waals surface area contributed by atoms with E-state index in [-0.39, 0.29) is 0 Å². The topological polar surface area (TPSA) is 20.2 Å². The Morgan fingerprint density at radius 1 is 1.70 bits per heavy atom. The molecule has 0 bridgehead atoms. The minimum absolute atomic E-state index is 0.391. The summed E-state index contributed by atoms with van der Waals surface area (Å²) in [5, 5.41) is 9.31. The third kappa shape index (κ3) is 2.01. The van der Waals surface area contributed by atoms with Gasteiger partial charge in [-0.05, 0) is 18.9 Å². The molecule has 0 saturated carbocycles. The van der Waals surface area contributed by atoms with Crippen LogP contribution in [-0.2, 0) is 0 Å². The highest BCUT2D eigenvalue weighted by molar-refractivity contribution is 14.1. The molecule has 1 aliphatic carbocycles. The van der Waals surface area contributed by atoms with Crippen LogP contribution in [0.3, 0.4) is 0 Å². The van der Waals surface area contributed by atoms with Gasteiger partial charge in [-0.15, -0.1) is 0 Å². The molecule has 1 aliphatic rings. The Hall–Kier alpha value is 0.01000. The van der Waals surface area contributed by atoms with Crippen molar-refractivity contribution in [1.29, 1.82) is 0 Å². The Balaban J connectivity index is 2.47. The number of hydrogen-bond donors (Lipinski definition) is 1. The number of hydrogen-bond acceptors (Lipinski definition) is 1. The van der Waals surface area contributed by atoms with Gasteiger partial charge in [-0.25, -0.2) is 0 Å². The average Bonchev–Trinajstić information content (AvgIpc) is 1.94. The monoisotopic (exact) mass is 250 g/mol. The summed E-state index contributed by atoms with van der Waals surface area (Å²) in [6.07, 6.45) is 7.91. The molecule has 1 nitrogen and oxygen atoms in total. The van der Waals surface area contributed by atoms with Gasteiger partial charge in [0.1, 0.15) is 0 Å². The minimum atomic E-state index is 0.391. The molecule has 1 atom stereocenters. The summed E-state index contributed by atoms with van der Waals surface area (Å²) in [6, 6.07) is 0. The van der Waals surface area contributed by atoms with E-state index in [0.29, 0.717) is 11.7 Å². The largest absolute Gasteiger partial charge is 0.512 e. The Kier molecular flexibility index (Phi) is 3.25. The second kappa shape index (κ2) is 4.01. The third-order valence-electron chi connectivity index (χ3n) is 1.70. The third-order valence-corrected chi connectivity index (χ3v) is 2.32. The standard InChI is InChI=1S/C8H11IO/c9-6-5-7-3-1-2-4-8(7)10/h1-2,4,7,10H,3,5-6H2/t7-/m0/s1. The van der Waals surface area contributed by atoms with Crippen LogP contribution in [0.4, 0.5) is 0 Å². The van der Waals surface area contributed by atoms with Gasteiger partial charge < -0.3 is 5.11 Å². The molecule has 0 fully saturated rings. The zero-order valence-corrected chi connectivity index (χ0v) is 7.91. The van der Waals surface area contributed by atoms with Gasteiger partial charge in [-0.2, -0.15) is 0 Å². The molecule has 0 heterocycles. The van der Waals surface area contributed by atoms with E-state index >= 15 is 0 Å². The van der Waals surface area contributed by atoms with E-state index in [1.54, 1.807) is 6.08 Å². The second-order valence-corrected chi connectivity index (χ2v) is 3.51. The summed E-state index contributed by atoms with van der Waals surface area (Å²) in [5.74, 6) is 0.945. The van der Waals surface area contributed by atoms with Crippen LogP contribution in [0, 0.1) is 5.92 Å². The highest BCUT2D eigenvalue weighted by atomic mass is 127. The Morgan fingerprint density at radius 2 is 2.50 bits per heavy atom. The lowest BCUT2D eigenvalue weighted by molar-refractivity contribution is 0.323. The fraction of sp³-hybridized carbons (Fsp3) is 0.500. The first kappa shape index (κ1) is 8.11. The van der Waals surface area contributed by atoms with Crippen molar-refractivity contribution >= 4 is 22.6 Å². The van der Waals surface area contributed by atoms with Crippen molar-refractivity contribution in [3.8, 4) is 0 Å². The molecule has 0 aromatic heterocycles. The zero-order valence-electron chi connectivity index (χ0n) is 5.76. The Bertz CT molecular complexity index is 161. The van der Waals surface area contributed by atoms with Crippen molar-refractivity contribution < 1.29 is 5.11 Å². The van der Waals surface area contributed by atoms with Crippen LogP contribution in [0.1, 0.15) is 12.8 Å². The van der Waals surface area contributed by atoms with E-state index in [9.17, 15) is 5.11 Å². The molecule has 1 rings (SSSR count). The number of aliphatic hydroxyl groups excluding tert-OH is 1. The predicted molar refractivity (Wildman–Crippen MR) is 51.5 cm³/mol. The first-order chi connectivity index (χ1) is 4.84. The molecule has 0 aromatic rings. The van der Waals surface area contributed by atoms with Gasteiger partial charge >= 0.3 is 0 Å². The van der Waals surface area contributed by atoms with Crippen molar-refractivity contribution in [1.82, 2.24) is 0 Å². The van der Waals surface area contributed by atoms with Gasteiger partial charge in [0.25, 0.3) is 0 Å². The Labute approximate surface area is 75.0 Å². The second-order valence-electron chi connectivity index (χ2n) is 2.43. The van der Waals surface area contributed by atoms with E-state index in [0.717, 1.165) is 17.3 Å². The average molecular weight is 250 g/mol. The Morgan fingerprint density at radius 3 is 3.10 bits per heavy atom. The molecule has 10 heavy (non-hydrogen) atoms. The summed E-state index contributed by atoms with van der Waals surface area (Å²) in [4.78, 5) is 0. The number of halogens is 1. The fourth-order valence-electron chi connectivity index (χ4n) is 1.06. The van der Waals surface area contributed by atoms with Crippen LogP contribution in [0.5, 0.6) is 0 Å². The summed E-state index contributed by atoms with van der Waals surface area (Å²) >= 11 is 2.34. The SMILES string of the molecule is OC1=CC=CC[C@H]1CCI. The van der Waals surface area contributed by atoms with Crippen LogP contribution < -0.4 is 0 Å². The van der Waals surface area contributed by atoms with Gasteiger partial charge in [0.05, 0.1) is 5.76 Å². The van der Waals surface area contributed by atoms with E-state index in [1.165, 1.54) is 0 Å². The first-order valence-corrected chi connectivity index (χ1v) is 4.99. The summed E-state index contributed by atoms with van der Waals surface area (Å²) in [6.45, 7) is 0. The van der Waals surface area contributed by atoms with Crippen molar-refractivity contribution in [2.24, 2.45) is 5.92 Å². The number of alkyl halides is 1. The molecular formula is C8H11IO. The summed E-state index contributed by atoms with van der Waals surface area (Å²) in [5.41, 5.74) is 0. The maximum atomic E-state index is 9.31. The van der Waals surface area contributed by atoms with E-state index < -0.39 is 0 Å². The molecule has 2 heteroatoms. The van der Waals surface area contributed by atoms with Crippen molar-refractivity contribution in [3.63, 3.8) is 0 Å². The maximum absolute atomic E-state index is 9.31. The normalized spacial score (nSPS) is 24.5. The quantitative estimate of drug-likeness (QED) is 0.590.